The Hall–Kier alpha value is -1.91. The molecule has 0 aliphatic carbocycles. The molecule has 0 unspecified atom stereocenters. The van der Waals surface area contributed by atoms with Crippen LogP contribution in [-0.2, 0) is 6.42 Å². The predicted molar refractivity (Wildman–Crippen MR) is 114 cm³/mol. The van der Waals surface area contributed by atoms with Crippen molar-refractivity contribution in [2.75, 3.05) is 50.7 Å². The van der Waals surface area contributed by atoms with Crippen LogP contribution in [-0.4, -0.2) is 61.7 Å². The standard InChI is InChI=1S/C24H32FN3/c25-22-10-12-23(13-11-22)27-16-18-28(19-17-27)24-9-5-15-26(20-24)14-4-8-21-6-2-1-3-7-21/h1-3,6-7,10-13,24H,4-5,8-9,14-20H2/t24-/m1/s1. The fourth-order valence-electron chi connectivity index (χ4n) is 4.68. The molecule has 150 valence electrons. The van der Waals surface area contributed by atoms with E-state index in [1.165, 1.54) is 50.9 Å². The van der Waals surface area contributed by atoms with E-state index < -0.39 is 0 Å². The van der Waals surface area contributed by atoms with Crippen molar-refractivity contribution in [3.05, 3.63) is 66.0 Å². The third-order valence-electron chi connectivity index (χ3n) is 6.29. The maximum Gasteiger partial charge on any atom is 0.123 e. The highest BCUT2D eigenvalue weighted by Crippen LogP contribution is 2.21. The highest BCUT2D eigenvalue weighted by molar-refractivity contribution is 5.46. The molecule has 2 aromatic rings. The van der Waals surface area contributed by atoms with E-state index in [-0.39, 0.29) is 5.82 Å². The van der Waals surface area contributed by atoms with Gasteiger partial charge in [-0.15, -0.1) is 0 Å². The Balaban J connectivity index is 1.22. The van der Waals surface area contributed by atoms with Gasteiger partial charge in [-0.2, -0.15) is 0 Å². The third-order valence-corrected chi connectivity index (χ3v) is 6.29. The van der Waals surface area contributed by atoms with Gasteiger partial charge < -0.3 is 9.80 Å². The van der Waals surface area contributed by atoms with E-state index in [9.17, 15) is 4.39 Å². The van der Waals surface area contributed by atoms with Gasteiger partial charge >= 0.3 is 0 Å². The normalized spacial score (nSPS) is 21.8. The zero-order valence-electron chi connectivity index (χ0n) is 16.8. The molecule has 1 atom stereocenters. The number of rotatable bonds is 6. The number of hydrogen-bond acceptors (Lipinski definition) is 3. The summed E-state index contributed by atoms with van der Waals surface area (Å²) in [4.78, 5) is 7.74. The van der Waals surface area contributed by atoms with Gasteiger partial charge in [0.05, 0.1) is 0 Å². The third kappa shape index (κ3) is 5.12. The van der Waals surface area contributed by atoms with Crippen molar-refractivity contribution in [3.63, 3.8) is 0 Å². The summed E-state index contributed by atoms with van der Waals surface area (Å²) in [5.41, 5.74) is 2.60. The van der Waals surface area contributed by atoms with Crippen molar-refractivity contribution in [1.29, 1.82) is 0 Å². The van der Waals surface area contributed by atoms with Gasteiger partial charge in [-0.05, 0) is 68.6 Å². The highest BCUT2D eigenvalue weighted by Gasteiger charge is 2.27. The van der Waals surface area contributed by atoms with Gasteiger partial charge in [-0.3, -0.25) is 4.90 Å². The number of halogens is 1. The quantitative estimate of drug-likeness (QED) is 0.748. The lowest BCUT2D eigenvalue weighted by Crippen LogP contribution is -2.55. The van der Waals surface area contributed by atoms with Crippen molar-refractivity contribution in [3.8, 4) is 0 Å². The van der Waals surface area contributed by atoms with Crippen LogP contribution in [0.4, 0.5) is 10.1 Å². The Morgan fingerprint density at radius 1 is 0.857 bits per heavy atom. The molecule has 4 heteroatoms. The van der Waals surface area contributed by atoms with E-state index in [4.69, 9.17) is 0 Å². The van der Waals surface area contributed by atoms with Crippen LogP contribution in [0.5, 0.6) is 0 Å². The summed E-state index contributed by atoms with van der Waals surface area (Å²) >= 11 is 0. The highest BCUT2D eigenvalue weighted by atomic mass is 19.1. The fraction of sp³-hybridized carbons (Fsp3) is 0.500. The van der Waals surface area contributed by atoms with E-state index in [2.05, 4.69) is 45.0 Å². The summed E-state index contributed by atoms with van der Waals surface area (Å²) in [5.74, 6) is -0.156. The second-order valence-electron chi connectivity index (χ2n) is 8.19. The molecule has 2 aliphatic heterocycles. The first-order chi connectivity index (χ1) is 13.8. The molecule has 4 rings (SSSR count). The van der Waals surface area contributed by atoms with Crippen LogP contribution < -0.4 is 4.90 Å². The van der Waals surface area contributed by atoms with Gasteiger partial charge in [0.2, 0.25) is 0 Å². The zero-order valence-corrected chi connectivity index (χ0v) is 16.8. The predicted octanol–water partition coefficient (Wildman–Crippen LogP) is 4.04. The first-order valence-electron chi connectivity index (χ1n) is 10.8. The van der Waals surface area contributed by atoms with Crippen LogP contribution in [0.15, 0.2) is 54.6 Å². The molecule has 3 nitrogen and oxygen atoms in total. The van der Waals surface area contributed by atoms with E-state index in [1.54, 1.807) is 12.1 Å². The summed E-state index contributed by atoms with van der Waals surface area (Å²) in [6.45, 7) is 7.97. The lowest BCUT2D eigenvalue weighted by atomic mass is 10.0. The number of benzene rings is 2. The van der Waals surface area contributed by atoms with Crippen molar-refractivity contribution >= 4 is 5.69 Å². The maximum absolute atomic E-state index is 13.1. The van der Waals surface area contributed by atoms with Crippen molar-refractivity contribution < 1.29 is 4.39 Å². The van der Waals surface area contributed by atoms with Gasteiger partial charge in [0.25, 0.3) is 0 Å². The molecule has 0 saturated carbocycles. The fourth-order valence-corrected chi connectivity index (χ4v) is 4.68. The van der Waals surface area contributed by atoms with Crippen LogP contribution in [0, 0.1) is 5.82 Å². The van der Waals surface area contributed by atoms with Gasteiger partial charge in [0, 0.05) is 44.5 Å². The molecule has 0 N–H and O–H groups in total. The molecule has 2 aromatic carbocycles. The lowest BCUT2D eigenvalue weighted by Gasteiger charge is -2.44. The molecular weight excluding hydrogens is 349 g/mol. The molecule has 0 aromatic heterocycles. The first kappa shape index (κ1) is 19.4. The van der Waals surface area contributed by atoms with Crippen LogP contribution >= 0.6 is 0 Å². The number of hydrogen-bond donors (Lipinski definition) is 0. The molecule has 2 saturated heterocycles. The zero-order chi connectivity index (χ0) is 19.2. The molecule has 0 amide bonds. The Labute approximate surface area is 168 Å². The molecule has 2 aliphatic rings. The summed E-state index contributed by atoms with van der Waals surface area (Å²) in [6, 6.07) is 18.5. The molecule has 28 heavy (non-hydrogen) atoms. The molecule has 2 fully saturated rings. The Morgan fingerprint density at radius 3 is 2.36 bits per heavy atom. The van der Waals surface area contributed by atoms with Crippen LogP contribution in [0.2, 0.25) is 0 Å². The molecule has 0 spiro atoms. The van der Waals surface area contributed by atoms with E-state index in [0.717, 1.165) is 31.9 Å². The largest absolute Gasteiger partial charge is 0.369 e. The molecule has 0 radical (unpaired) electrons. The number of aryl methyl sites for hydroxylation is 1. The van der Waals surface area contributed by atoms with E-state index >= 15 is 0 Å². The van der Waals surface area contributed by atoms with E-state index in [0.29, 0.717) is 6.04 Å². The minimum atomic E-state index is -0.156. The molecule has 2 heterocycles. The summed E-state index contributed by atoms with van der Waals surface area (Å²) in [5, 5.41) is 0. The van der Waals surface area contributed by atoms with Crippen LogP contribution in [0.3, 0.4) is 0 Å². The second kappa shape index (κ2) is 9.53. The molecular formula is C24H32FN3. The average Bonchev–Trinajstić information content (AvgIpc) is 2.75. The Bertz CT molecular complexity index is 710. The van der Waals surface area contributed by atoms with Crippen molar-refractivity contribution in [1.82, 2.24) is 9.80 Å². The minimum Gasteiger partial charge on any atom is -0.369 e. The topological polar surface area (TPSA) is 9.72 Å². The number of piperidine rings is 1. The first-order valence-corrected chi connectivity index (χ1v) is 10.8. The number of nitrogens with zero attached hydrogens (tertiary/aromatic N) is 3. The van der Waals surface area contributed by atoms with Crippen molar-refractivity contribution in [2.45, 2.75) is 31.7 Å². The van der Waals surface area contributed by atoms with Crippen LogP contribution in [0.1, 0.15) is 24.8 Å². The van der Waals surface area contributed by atoms with Gasteiger partial charge in [0.15, 0.2) is 0 Å². The number of anilines is 1. The summed E-state index contributed by atoms with van der Waals surface area (Å²) in [7, 11) is 0. The maximum atomic E-state index is 13.1. The SMILES string of the molecule is Fc1ccc(N2CCN([C@@H]3CCCN(CCCc4ccccc4)C3)CC2)cc1. The second-order valence-corrected chi connectivity index (χ2v) is 8.19. The van der Waals surface area contributed by atoms with E-state index in [1.807, 2.05) is 12.1 Å². The lowest BCUT2D eigenvalue weighted by molar-refractivity contribution is 0.0920. The van der Waals surface area contributed by atoms with Gasteiger partial charge in [-0.1, -0.05) is 30.3 Å². The van der Waals surface area contributed by atoms with Crippen LogP contribution in [0.25, 0.3) is 0 Å². The smallest absolute Gasteiger partial charge is 0.123 e. The number of piperazine rings is 1. The Morgan fingerprint density at radius 2 is 1.61 bits per heavy atom. The monoisotopic (exact) mass is 381 g/mol. The Kier molecular flexibility index (Phi) is 6.61. The molecule has 0 bridgehead atoms. The minimum absolute atomic E-state index is 0.156. The average molecular weight is 382 g/mol. The van der Waals surface area contributed by atoms with Crippen molar-refractivity contribution in [2.24, 2.45) is 0 Å². The van der Waals surface area contributed by atoms with Gasteiger partial charge in [-0.25, -0.2) is 4.39 Å². The summed E-state index contributed by atoms with van der Waals surface area (Å²) < 4.78 is 13.1. The summed E-state index contributed by atoms with van der Waals surface area (Å²) in [6.07, 6.45) is 5.06. The number of likely N-dealkylation sites (tertiary alicyclic amines) is 1. The van der Waals surface area contributed by atoms with Gasteiger partial charge in [0.1, 0.15) is 5.82 Å².